The van der Waals surface area contributed by atoms with Crippen LogP contribution in [-0.2, 0) is 12.8 Å². The van der Waals surface area contributed by atoms with Crippen molar-refractivity contribution in [2.75, 3.05) is 18.0 Å². The van der Waals surface area contributed by atoms with Gasteiger partial charge in [-0.25, -0.2) is 9.97 Å². The van der Waals surface area contributed by atoms with Gasteiger partial charge in [-0.15, -0.1) is 6.42 Å². The zero-order chi connectivity index (χ0) is 15.6. The summed E-state index contributed by atoms with van der Waals surface area (Å²) >= 11 is 0. The van der Waals surface area contributed by atoms with Crippen molar-refractivity contribution in [3.63, 3.8) is 0 Å². The molecule has 0 saturated heterocycles. The number of aryl methyl sites for hydroxylation is 1. The summed E-state index contributed by atoms with van der Waals surface area (Å²) in [4.78, 5) is 16.1. The summed E-state index contributed by atoms with van der Waals surface area (Å²) in [5, 5.41) is 0. The molecule has 2 aromatic heterocycles. The van der Waals surface area contributed by atoms with Crippen LogP contribution in [0.5, 0.6) is 0 Å². The minimum absolute atomic E-state index is 0.621. The van der Waals surface area contributed by atoms with Crippen LogP contribution in [0.1, 0.15) is 30.5 Å². The number of hydrogen-bond acceptors (Lipinski definition) is 4. The van der Waals surface area contributed by atoms with Gasteiger partial charge >= 0.3 is 0 Å². The van der Waals surface area contributed by atoms with Gasteiger partial charge in [-0.1, -0.05) is 5.92 Å². The molecule has 116 valence electrons. The second kappa shape index (κ2) is 6.00. The summed E-state index contributed by atoms with van der Waals surface area (Å²) in [6.07, 6.45) is 15.1. The third-order valence-electron chi connectivity index (χ3n) is 4.61. The molecule has 0 amide bonds. The van der Waals surface area contributed by atoms with Crippen molar-refractivity contribution in [1.29, 1.82) is 0 Å². The predicted octanol–water partition coefficient (Wildman–Crippen LogP) is 2.88. The van der Waals surface area contributed by atoms with E-state index in [4.69, 9.17) is 16.4 Å². The zero-order valence-corrected chi connectivity index (χ0v) is 13.2. The van der Waals surface area contributed by atoms with Crippen molar-refractivity contribution in [2.24, 2.45) is 5.92 Å². The molecule has 2 heterocycles. The average Bonchev–Trinajstić information content (AvgIpc) is 3.28. The van der Waals surface area contributed by atoms with E-state index in [0.29, 0.717) is 6.54 Å². The number of fused-ring (bicyclic) bond motifs is 1. The molecule has 2 aliphatic carbocycles. The first kappa shape index (κ1) is 14.2. The van der Waals surface area contributed by atoms with Crippen LogP contribution in [0.4, 0.5) is 5.82 Å². The van der Waals surface area contributed by atoms with Crippen molar-refractivity contribution in [2.45, 2.75) is 32.1 Å². The van der Waals surface area contributed by atoms with E-state index in [1.807, 2.05) is 12.1 Å². The molecule has 0 bridgehead atoms. The number of anilines is 1. The van der Waals surface area contributed by atoms with Gasteiger partial charge in [0.05, 0.1) is 6.54 Å². The molecule has 0 atom stereocenters. The van der Waals surface area contributed by atoms with Gasteiger partial charge in [0.25, 0.3) is 0 Å². The molecule has 0 spiro atoms. The molecule has 2 aromatic rings. The highest BCUT2D eigenvalue weighted by molar-refractivity contribution is 5.61. The lowest BCUT2D eigenvalue weighted by Crippen LogP contribution is -2.28. The number of pyridine rings is 1. The Morgan fingerprint density at radius 2 is 2.00 bits per heavy atom. The Labute approximate surface area is 137 Å². The number of terminal acetylenes is 1. The molecule has 4 heteroatoms. The normalized spacial score (nSPS) is 16.0. The predicted molar refractivity (Wildman–Crippen MR) is 91.1 cm³/mol. The molecular formula is C19H20N4. The summed E-state index contributed by atoms with van der Waals surface area (Å²) in [6, 6.07) is 3.93. The Kier molecular flexibility index (Phi) is 3.70. The van der Waals surface area contributed by atoms with Crippen LogP contribution >= 0.6 is 0 Å². The molecule has 2 aliphatic rings. The van der Waals surface area contributed by atoms with Gasteiger partial charge in [-0.05, 0) is 50.2 Å². The Morgan fingerprint density at radius 1 is 1.17 bits per heavy atom. The summed E-state index contributed by atoms with van der Waals surface area (Å²) in [6.45, 7) is 1.64. The van der Waals surface area contributed by atoms with Crippen LogP contribution in [0.25, 0.3) is 11.4 Å². The summed E-state index contributed by atoms with van der Waals surface area (Å²) in [5.74, 6) is 5.43. The molecule has 0 aromatic carbocycles. The van der Waals surface area contributed by atoms with Crippen LogP contribution in [0, 0.1) is 18.3 Å². The first-order valence-corrected chi connectivity index (χ1v) is 8.33. The number of rotatable bonds is 5. The maximum Gasteiger partial charge on any atom is 0.161 e. The number of hydrogen-bond donors (Lipinski definition) is 0. The first-order valence-electron chi connectivity index (χ1n) is 8.33. The van der Waals surface area contributed by atoms with E-state index in [2.05, 4.69) is 15.8 Å². The summed E-state index contributed by atoms with van der Waals surface area (Å²) in [5.41, 5.74) is 3.52. The fourth-order valence-electron chi connectivity index (χ4n) is 3.25. The van der Waals surface area contributed by atoms with Crippen LogP contribution in [0.3, 0.4) is 0 Å². The smallest absolute Gasteiger partial charge is 0.161 e. The lowest BCUT2D eigenvalue weighted by atomic mass is 10.2. The lowest BCUT2D eigenvalue weighted by Gasteiger charge is -2.24. The van der Waals surface area contributed by atoms with E-state index in [0.717, 1.165) is 48.9 Å². The monoisotopic (exact) mass is 304 g/mol. The largest absolute Gasteiger partial charge is 0.345 e. The Balaban J connectivity index is 1.77. The molecule has 0 aliphatic heterocycles. The molecule has 1 saturated carbocycles. The van der Waals surface area contributed by atoms with E-state index >= 15 is 0 Å². The average molecular weight is 304 g/mol. The Bertz CT molecular complexity index is 744. The van der Waals surface area contributed by atoms with E-state index in [1.54, 1.807) is 12.4 Å². The highest BCUT2D eigenvalue weighted by atomic mass is 15.2. The van der Waals surface area contributed by atoms with E-state index in [9.17, 15) is 0 Å². The maximum absolute atomic E-state index is 5.61. The van der Waals surface area contributed by atoms with E-state index < -0.39 is 0 Å². The zero-order valence-electron chi connectivity index (χ0n) is 13.2. The van der Waals surface area contributed by atoms with Crippen LogP contribution in [0.15, 0.2) is 24.5 Å². The number of nitrogens with zero attached hydrogens (tertiary/aromatic N) is 4. The van der Waals surface area contributed by atoms with Gasteiger partial charge in [-0.3, -0.25) is 4.98 Å². The van der Waals surface area contributed by atoms with E-state index in [-0.39, 0.29) is 0 Å². The summed E-state index contributed by atoms with van der Waals surface area (Å²) in [7, 11) is 0. The maximum atomic E-state index is 5.61. The highest BCUT2D eigenvalue weighted by Crippen LogP contribution is 2.35. The number of aromatic nitrogens is 3. The topological polar surface area (TPSA) is 41.9 Å². The van der Waals surface area contributed by atoms with Crippen molar-refractivity contribution in [3.05, 3.63) is 35.8 Å². The lowest BCUT2D eigenvalue weighted by molar-refractivity contribution is 0.748. The third kappa shape index (κ3) is 2.92. The SMILES string of the molecule is C#CCN(CC1CC1)c1nc(-c2ccncc2)nc2c1CCC2. The molecule has 4 rings (SSSR count). The molecule has 0 unspecified atom stereocenters. The second-order valence-corrected chi connectivity index (χ2v) is 6.41. The molecule has 1 fully saturated rings. The molecule has 0 radical (unpaired) electrons. The Hall–Kier alpha value is -2.41. The standard InChI is InChI=1S/C19H20N4/c1-2-12-23(13-14-6-7-14)19-16-4-3-5-17(16)21-18(22-19)15-8-10-20-11-9-15/h1,8-11,14H,3-7,12-13H2. The fraction of sp³-hybridized carbons (Fsp3) is 0.421. The molecule has 0 N–H and O–H groups in total. The minimum Gasteiger partial charge on any atom is -0.345 e. The third-order valence-corrected chi connectivity index (χ3v) is 4.61. The van der Waals surface area contributed by atoms with Crippen LogP contribution in [-0.4, -0.2) is 28.0 Å². The molecular weight excluding hydrogens is 284 g/mol. The van der Waals surface area contributed by atoms with Crippen molar-refractivity contribution < 1.29 is 0 Å². The quantitative estimate of drug-likeness (QED) is 0.797. The van der Waals surface area contributed by atoms with Crippen molar-refractivity contribution in [3.8, 4) is 23.7 Å². The Morgan fingerprint density at radius 3 is 2.74 bits per heavy atom. The van der Waals surface area contributed by atoms with E-state index in [1.165, 1.54) is 24.1 Å². The van der Waals surface area contributed by atoms with Gasteiger partial charge < -0.3 is 4.90 Å². The van der Waals surface area contributed by atoms with Crippen LogP contribution in [0.2, 0.25) is 0 Å². The first-order chi connectivity index (χ1) is 11.3. The van der Waals surface area contributed by atoms with Crippen molar-refractivity contribution in [1.82, 2.24) is 15.0 Å². The molecule has 23 heavy (non-hydrogen) atoms. The van der Waals surface area contributed by atoms with Gasteiger partial charge in [0, 0.05) is 35.8 Å². The van der Waals surface area contributed by atoms with Crippen molar-refractivity contribution >= 4 is 5.82 Å². The van der Waals surface area contributed by atoms with Crippen LogP contribution < -0.4 is 4.90 Å². The minimum atomic E-state index is 0.621. The summed E-state index contributed by atoms with van der Waals surface area (Å²) < 4.78 is 0. The van der Waals surface area contributed by atoms with Gasteiger partial charge in [0.15, 0.2) is 5.82 Å². The fourth-order valence-corrected chi connectivity index (χ4v) is 3.25. The van der Waals surface area contributed by atoms with Gasteiger partial charge in [0.2, 0.25) is 0 Å². The highest BCUT2D eigenvalue weighted by Gasteiger charge is 2.28. The second-order valence-electron chi connectivity index (χ2n) is 6.41. The molecule has 4 nitrogen and oxygen atoms in total. The van der Waals surface area contributed by atoms with Gasteiger partial charge in [-0.2, -0.15) is 0 Å². The van der Waals surface area contributed by atoms with Gasteiger partial charge in [0.1, 0.15) is 5.82 Å².